The van der Waals surface area contributed by atoms with Crippen LogP contribution in [0.3, 0.4) is 0 Å². The quantitative estimate of drug-likeness (QED) is 0.0195. The molecule has 7 atom stereocenters. The van der Waals surface area contributed by atoms with Gasteiger partial charge in [-0.05, 0) is 89.9 Å². The molecule has 77 heavy (non-hydrogen) atoms. The van der Waals surface area contributed by atoms with E-state index < -0.39 is 49.5 Å². The van der Waals surface area contributed by atoms with Gasteiger partial charge in [-0.2, -0.15) is 0 Å². The van der Waals surface area contributed by atoms with Crippen LogP contribution in [0.2, 0.25) is 0 Å². The lowest BCUT2D eigenvalue weighted by Gasteiger charge is -2.40. The zero-order chi connectivity index (χ0) is 55.9. The van der Waals surface area contributed by atoms with Gasteiger partial charge in [-0.1, -0.05) is 242 Å². The molecule has 0 bridgehead atoms. The molecule has 448 valence electrons. The Balaban J connectivity index is 1.98. The van der Waals surface area contributed by atoms with Crippen LogP contribution in [0.4, 0.5) is 0 Å². The lowest BCUT2D eigenvalue weighted by Crippen LogP contribution is -2.60. The Morgan fingerprint density at radius 2 is 0.896 bits per heavy atom. The molecule has 0 aromatic carbocycles. The Morgan fingerprint density at radius 3 is 1.36 bits per heavy atom. The molecular formula is C66H119NO10. The average molecular weight is 1090 g/mol. The number of allylic oxidation sites excluding steroid dienone is 9. The minimum absolute atomic E-state index is 0.0150. The van der Waals surface area contributed by atoms with Crippen LogP contribution in [0.5, 0.6) is 0 Å². The van der Waals surface area contributed by atoms with Crippen molar-refractivity contribution in [1.29, 1.82) is 0 Å². The van der Waals surface area contributed by atoms with Crippen LogP contribution in [0, 0.1) is 0 Å². The molecule has 1 rings (SSSR count). The van der Waals surface area contributed by atoms with E-state index >= 15 is 0 Å². The second-order valence-electron chi connectivity index (χ2n) is 22.1. The van der Waals surface area contributed by atoms with E-state index in [0.29, 0.717) is 19.4 Å². The first-order valence-electron chi connectivity index (χ1n) is 32.1. The Labute approximate surface area is 471 Å². The van der Waals surface area contributed by atoms with Crippen molar-refractivity contribution in [2.75, 3.05) is 19.8 Å². The highest BCUT2D eigenvalue weighted by Gasteiger charge is 2.44. The summed E-state index contributed by atoms with van der Waals surface area (Å²) in [6.07, 6.45) is 62.0. The fourth-order valence-electron chi connectivity index (χ4n) is 9.74. The van der Waals surface area contributed by atoms with E-state index in [9.17, 15) is 35.1 Å². The molecule has 6 N–H and O–H groups in total. The molecule has 1 amide bonds. The molecule has 1 saturated heterocycles. The lowest BCUT2D eigenvalue weighted by atomic mass is 9.99. The molecule has 1 aliphatic rings. The third-order valence-corrected chi connectivity index (χ3v) is 14.8. The fourth-order valence-corrected chi connectivity index (χ4v) is 9.74. The molecule has 11 heteroatoms. The topological polar surface area (TPSA) is 175 Å². The van der Waals surface area contributed by atoms with Crippen molar-refractivity contribution < 1.29 is 49.3 Å². The summed E-state index contributed by atoms with van der Waals surface area (Å²) in [5, 5.41) is 54.2. The Kier molecular flexibility index (Phi) is 52.0. The summed E-state index contributed by atoms with van der Waals surface area (Å²) in [6.45, 7) is 4.24. The molecule has 7 unspecified atom stereocenters. The van der Waals surface area contributed by atoms with E-state index in [4.69, 9.17) is 14.2 Å². The maximum Gasteiger partial charge on any atom is 0.305 e. The first kappa shape index (κ1) is 72.4. The molecule has 0 saturated carbocycles. The number of esters is 1. The summed E-state index contributed by atoms with van der Waals surface area (Å²) < 4.78 is 16.7. The highest BCUT2D eigenvalue weighted by molar-refractivity contribution is 5.76. The zero-order valence-corrected chi connectivity index (χ0v) is 49.4. The van der Waals surface area contributed by atoms with Gasteiger partial charge in [-0.15, -0.1) is 0 Å². The number of carbonyl (C=O) groups is 2. The number of ether oxygens (including phenoxy) is 3. The van der Waals surface area contributed by atoms with Gasteiger partial charge < -0.3 is 45.1 Å². The van der Waals surface area contributed by atoms with Gasteiger partial charge in [0.25, 0.3) is 0 Å². The van der Waals surface area contributed by atoms with Gasteiger partial charge in [-0.25, -0.2) is 0 Å². The van der Waals surface area contributed by atoms with Crippen molar-refractivity contribution in [3.8, 4) is 0 Å². The second kappa shape index (κ2) is 55.3. The highest BCUT2D eigenvalue weighted by atomic mass is 16.7. The first-order chi connectivity index (χ1) is 37.7. The van der Waals surface area contributed by atoms with Crippen molar-refractivity contribution in [2.45, 2.75) is 326 Å². The van der Waals surface area contributed by atoms with Crippen LogP contribution in [0.25, 0.3) is 0 Å². The van der Waals surface area contributed by atoms with Crippen molar-refractivity contribution in [2.24, 2.45) is 0 Å². The summed E-state index contributed by atoms with van der Waals surface area (Å²) >= 11 is 0. The van der Waals surface area contributed by atoms with Gasteiger partial charge in [0.1, 0.15) is 24.4 Å². The molecule has 1 aliphatic heterocycles. The van der Waals surface area contributed by atoms with Gasteiger partial charge >= 0.3 is 5.97 Å². The van der Waals surface area contributed by atoms with Gasteiger partial charge in [0.2, 0.25) is 5.91 Å². The zero-order valence-electron chi connectivity index (χ0n) is 49.4. The lowest BCUT2D eigenvalue weighted by molar-refractivity contribution is -0.302. The third kappa shape index (κ3) is 44.8. The van der Waals surface area contributed by atoms with E-state index in [1.165, 1.54) is 173 Å². The monoisotopic (exact) mass is 1090 g/mol. The maximum atomic E-state index is 13.0. The normalized spacial score (nSPS) is 19.0. The van der Waals surface area contributed by atoms with Crippen LogP contribution in [-0.2, 0) is 23.8 Å². The predicted molar refractivity (Wildman–Crippen MR) is 320 cm³/mol. The van der Waals surface area contributed by atoms with Crippen LogP contribution in [-0.4, -0.2) is 100 Å². The van der Waals surface area contributed by atoms with Gasteiger partial charge in [0, 0.05) is 12.8 Å². The number of hydrogen-bond acceptors (Lipinski definition) is 10. The first-order valence-corrected chi connectivity index (χ1v) is 32.1. The number of nitrogens with one attached hydrogen (secondary N) is 1. The van der Waals surface area contributed by atoms with Gasteiger partial charge in [-0.3, -0.25) is 9.59 Å². The largest absolute Gasteiger partial charge is 0.466 e. The Hall–Kier alpha value is -2.64. The van der Waals surface area contributed by atoms with E-state index in [1.54, 1.807) is 6.08 Å². The fraction of sp³-hybridized carbons (Fsp3) is 0.818. The second-order valence-corrected chi connectivity index (χ2v) is 22.1. The van der Waals surface area contributed by atoms with E-state index in [0.717, 1.165) is 83.5 Å². The molecule has 11 nitrogen and oxygen atoms in total. The number of aliphatic hydroxyl groups excluding tert-OH is 5. The molecule has 1 fully saturated rings. The molecule has 0 aromatic heterocycles. The molecule has 0 aromatic rings. The Bertz CT molecular complexity index is 1460. The minimum atomic E-state index is -1.57. The van der Waals surface area contributed by atoms with E-state index in [1.807, 2.05) is 6.08 Å². The summed E-state index contributed by atoms with van der Waals surface area (Å²) in [5.74, 6) is -0.203. The minimum Gasteiger partial charge on any atom is -0.466 e. The van der Waals surface area contributed by atoms with Crippen LogP contribution in [0.1, 0.15) is 284 Å². The molecule has 0 spiro atoms. The standard InChI is InChI=1S/C66H119NO10/c1-3-5-7-9-11-13-14-30-34-38-42-46-50-54-62(71)75-55-51-47-43-39-35-32-29-27-25-23-21-19-17-15-16-18-20-22-24-26-28-31-33-37-41-45-49-53-61(70)67-58(59(69)52-48-44-40-36-12-10-8-6-4-2)57-76-66-65(74)64(73)63(72)60(56-68)77-66/h7,9,13-16,19,21,48,52,58-60,63-66,68-69,72-74H,3-6,8,10-12,17-18,20,22-47,49-51,53-57H2,1-2H3,(H,67,70)/b9-7-,14-13-,16-15-,21-19-,52-48+. The van der Waals surface area contributed by atoms with Crippen molar-refractivity contribution in [3.63, 3.8) is 0 Å². The van der Waals surface area contributed by atoms with Gasteiger partial charge in [0.05, 0.1) is 32.0 Å². The van der Waals surface area contributed by atoms with Crippen molar-refractivity contribution in [3.05, 3.63) is 60.8 Å². The highest BCUT2D eigenvalue weighted by Crippen LogP contribution is 2.23. The molecule has 0 aliphatic carbocycles. The summed E-state index contributed by atoms with van der Waals surface area (Å²) in [4.78, 5) is 25.0. The third-order valence-electron chi connectivity index (χ3n) is 14.8. The summed E-state index contributed by atoms with van der Waals surface area (Å²) in [6, 6.07) is -0.812. The van der Waals surface area contributed by atoms with E-state index in [-0.39, 0.29) is 18.5 Å². The Morgan fingerprint density at radius 1 is 0.481 bits per heavy atom. The number of rotatable bonds is 55. The predicted octanol–water partition coefficient (Wildman–Crippen LogP) is 15.4. The SMILES string of the molecule is CCC/C=C\C/C=C\CCCCCCCC(=O)OCCCCCCCCCCC/C=C\C/C=C\CCCCCCCCCCCCCC(=O)NC(COC1OC(CO)C(O)C(O)C1O)C(O)/C=C/CCCCCCCCC. The maximum absolute atomic E-state index is 13.0. The van der Waals surface area contributed by atoms with Gasteiger partial charge in [0.15, 0.2) is 6.29 Å². The number of carbonyl (C=O) groups excluding carboxylic acids is 2. The van der Waals surface area contributed by atoms with Crippen molar-refractivity contribution in [1.82, 2.24) is 5.32 Å². The number of amides is 1. The van der Waals surface area contributed by atoms with E-state index in [2.05, 4.69) is 67.8 Å². The van der Waals surface area contributed by atoms with Crippen molar-refractivity contribution >= 4 is 11.9 Å². The average Bonchev–Trinajstić information content (AvgIpc) is 3.43. The number of hydrogen-bond donors (Lipinski definition) is 6. The number of aliphatic hydroxyl groups is 5. The smallest absolute Gasteiger partial charge is 0.305 e. The summed E-state index contributed by atoms with van der Waals surface area (Å²) in [7, 11) is 0. The number of unbranched alkanes of at least 4 members (excludes halogenated alkanes) is 33. The molecule has 0 radical (unpaired) electrons. The molecular weight excluding hydrogens is 967 g/mol. The van der Waals surface area contributed by atoms with Crippen LogP contribution < -0.4 is 5.32 Å². The summed E-state index contributed by atoms with van der Waals surface area (Å²) in [5.41, 5.74) is 0. The molecule has 1 heterocycles. The van der Waals surface area contributed by atoms with Crippen LogP contribution >= 0.6 is 0 Å². The van der Waals surface area contributed by atoms with Crippen LogP contribution in [0.15, 0.2) is 60.8 Å².